The Hall–Kier alpha value is -4.69. The Bertz CT molecular complexity index is 1780. The second kappa shape index (κ2) is 11.4. The van der Waals surface area contributed by atoms with Crippen LogP contribution in [0, 0.1) is 5.92 Å². The number of anilines is 1. The van der Waals surface area contributed by atoms with Gasteiger partial charge >= 0.3 is 6.18 Å². The number of rotatable bonds is 6. The number of benzene rings is 3. The molecule has 1 aliphatic carbocycles. The number of allylic oxidation sites excluding steroid dienone is 4. The molecular weight excluding hydrogens is 561 g/mol. The van der Waals surface area contributed by atoms with Crippen molar-refractivity contribution in [2.75, 3.05) is 31.2 Å². The second-order valence-corrected chi connectivity index (χ2v) is 11.1. The van der Waals surface area contributed by atoms with Gasteiger partial charge in [0.1, 0.15) is 5.54 Å². The molecule has 0 bridgehead atoms. The van der Waals surface area contributed by atoms with Gasteiger partial charge in [0.2, 0.25) is 0 Å². The fraction of sp³-hybridized carbons (Fsp3) is 0.222. The van der Waals surface area contributed by atoms with Crippen LogP contribution in [0.5, 0.6) is 0 Å². The topological polar surface area (TPSA) is 43.2 Å². The molecule has 5 nitrogen and oxygen atoms in total. The number of halogens is 3. The zero-order valence-corrected chi connectivity index (χ0v) is 24.0. The molecule has 1 fully saturated rings. The van der Waals surface area contributed by atoms with E-state index < -0.39 is 17.4 Å². The Morgan fingerprint density at radius 1 is 0.818 bits per heavy atom. The van der Waals surface area contributed by atoms with Crippen molar-refractivity contribution in [3.05, 3.63) is 138 Å². The van der Waals surface area contributed by atoms with Crippen LogP contribution in [-0.2, 0) is 16.5 Å². The Morgan fingerprint density at radius 3 is 2.16 bits per heavy atom. The Balaban J connectivity index is 1.48. The minimum Gasteiger partial charge on any atom is -0.378 e. The van der Waals surface area contributed by atoms with Gasteiger partial charge in [0.05, 0.1) is 18.7 Å². The van der Waals surface area contributed by atoms with E-state index in [9.17, 15) is 13.2 Å². The highest BCUT2D eigenvalue weighted by molar-refractivity contribution is 5.95. The molecule has 222 valence electrons. The normalized spacial score (nSPS) is 17.3. The quantitative estimate of drug-likeness (QED) is 0.201. The minimum absolute atomic E-state index is 0.0303. The van der Waals surface area contributed by atoms with Gasteiger partial charge in [0, 0.05) is 48.0 Å². The van der Waals surface area contributed by atoms with Crippen molar-refractivity contribution in [2.24, 2.45) is 5.92 Å². The standard InChI is InChI=1S/C36H31F3N4O/c37-36(38,39)34-31(26-16-17-32-30(24-26)33(18-19-40-32)42-20-22-44-23-21-42)25-43(41-34)35(27-10-4-1-5-11-27,28-12-6-2-7-13-28)29-14-8-3-9-15-29/h1-14,16-19,24-25,29H,15,20-23H2. The lowest BCUT2D eigenvalue weighted by Gasteiger charge is -2.41. The van der Waals surface area contributed by atoms with Gasteiger partial charge in [-0.3, -0.25) is 9.67 Å². The van der Waals surface area contributed by atoms with Crippen LogP contribution in [0.3, 0.4) is 0 Å². The predicted molar refractivity (Wildman–Crippen MR) is 166 cm³/mol. The van der Waals surface area contributed by atoms with Crippen molar-refractivity contribution in [1.29, 1.82) is 0 Å². The Morgan fingerprint density at radius 2 is 1.52 bits per heavy atom. The van der Waals surface area contributed by atoms with Crippen molar-refractivity contribution in [3.63, 3.8) is 0 Å². The van der Waals surface area contributed by atoms with Gasteiger partial charge in [-0.05, 0) is 41.3 Å². The zero-order chi connectivity index (χ0) is 30.1. The lowest BCUT2D eigenvalue weighted by Crippen LogP contribution is -2.43. The van der Waals surface area contributed by atoms with Gasteiger partial charge in [-0.25, -0.2) is 0 Å². The van der Waals surface area contributed by atoms with Crippen molar-refractivity contribution < 1.29 is 17.9 Å². The van der Waals surface area contributed by atoms with E-state index in [-0.39, 0.29) is 11.5 Å². The minimum atomic E-state index is -4.68. The Kier molecular flexibility index (Phi) is 7.30. The fourth-order valence-corrected chi connectivity index (χ4v) is 6.66. The molecule has 0 amide bonds. The molecule has 0 saturated carbocycles. The largest absolute Gasteiger partial charge is 0.435 e. The van der Waals surface area contributed by atoms with Crippen molar-refractivity contribution >= 4 is 16.6 Å². The van der Waals surface area contributed by atoms with Crippen LogP contribution in [0.25, 0.3) is 22.0 Å². The Labute approximate surface area is 253 Å². The SMILES string of the molecule is FC(F)(F)c1nn(C(c2ccccc2)(c2ccccc2)C2C=CC=CC2)cc1-c1ccc2nccc(N3CCOCC3)c2c1. The summed E-state index contributed by atoms with van der Waals surface area (Å²) in [7, 11) is 0. The van der Waals surface area contributed by atoms with E-state index in [4.69, 9.17) is 4.74 Å². The number of aromatic nitrogens is 3. The van der Waals surface area contributed by atoms with Gasteiger partial charge in [0.15, 0.2) is 5.69 Å². The maximum atomic E-state index is 14.9. The van der Waals surface area contributed by atoms with Crippen LogP contribution in [0.1, 0.15) is 23.2 Å². The lowest BCUT2D eigenvalue weighted by molar-refractivity contribution is -0.141. The molecule has 2 aliphatic rings. The monoisotopic (exact) mass is 592 g/mol. The molecule has 0 N–H and O–H groups in total. The first-order valence-corrected chi connectivity index (χ1v) is 14.8. The molecule has 44 heavy (non-hydrogen) atoms. The van der Waals surface area contributed by atoms with Gasteiger partial charge in [-0.1, -0.05) is 91.0 Å². The van der Waals surface area contributed by atoms with Crippen LogP contribution >= 0.6 is 0 Å². The summed E-state index contributed by atoms with van der Waals surface area (Å²) >= 11 is 0. The molecule has 1 atom stereocenters. The summed E-state index contributed by atoms with van der Waals surface area (Å²) < 4.78 is 51.9. The molecule has 1 saturated heterocycles. The van der Waals surface area contributed by atoms with E-state index in [1.807, 2.05) is 84.9 Å². The average Bonchev–Trinajstić information content (AvgIpc) is 3.53. The van der Waals surface area contributed by atoms with Gasteiger partial charge in [-0.2, -0.15) is 18.3 Å². The molecule has 7 rings (SSSR count). The highest BCUT2D eigenvalue weighted by atomic mass is 19.4. The van der Waals surface area contributed by atoms with Gasteiger partial charge in [0.25, 0.3) is 0 Å². The second-order valence-electron chi connectivity index (χ2n) is 11.1. The summed E-state index contributed by atoms with van der Waals surface area (Å²) in [5.41, 5.74) is 1.88. The molecule has 5 aromatic rings. The molecule has 3 aromatic carbocycles. The third-order valence-corrected chi connectivity index (χ3v) is 8.67. The number of morpholine rings is 1. The predicted octanol–water partition coefficient (Wildman–Crippen LogP) is 7.88. The molecular formula is C36H31F3N4O. The summed E-state index contributed by atoms with van der Waals surface area (Å²) in [6, 6.07) is 26.7. The van der Waals surface area contributed by atoms with Gasteiger partial charge in [-0.15, -0.1) is 0 Å². The van der Waals surface area contributed by atoms with Crippen molar-refractivity contribution in [1.82, 2.24) is 14.8 Å². The van der Waals surface area contributed by atoms with Crippen molar-refractivity contribution in [3.8, 4) is 11.1 Å². The third-order valence-electron chi connectivity index (χ3n) is 8.67. The van der Waals surface area contributed by atoms with E-state index in [0.29, 0.717) is 38.3 Å². The van der Waals surface area contributed by atoms with E-state index in [1.165, 1.54) is 0 Å². The molecule has 8 heteroatoms. The van der Waals surface area contributed by atoms with Crippen LogP contribution in [0.2, 0.25) is 0 Å². The van der Waals surface area contributed by atoms with E-state index >= 15 is 0 Å². The van der Waals surface area contributed by atoms with Crippen LogP contribution in [-0.4, -0.2) is 41.1 Å². The average molecular weight is 593 g/mol. The molecule has 1 aliphatic heterocycles. The first-order valence-electron chi connectivity index (χ1n) is 14.8. The summed E-state index contributed by atoms with van der Waals surface area (Å²) in [6.07, 6.45) is 7.36. The third kappa shape index (κ3) is 4.89. The first kappa shape index (κ1) is 28.1. The first-order chi connectivity index (χ1) is 21.5. The maximum Gasteiger partial charge on any atom is 0.435 e. The maximum absolute atomic E-state index is 14.9. The highest BCUT2D eigenvalue weighted by Gasteiger charge is 2.46. The molecule has 0 radical (unpaired) electrons. The summed E-state index contributed by atoms with van der Waals surface area (Å²) in [5.74, 6) is -0.195. The fourth-order valence-electron chi connectivity index (χ4n) is 6.66. The van der Waals surface area contributed by atoms with E-state index in [1.54, 1.807) is 29.2 Å². The molecule has 1 unspecified atom stereocenters. The summed E-state index contributed by atoms with van der Waals surface area (Å²) in [6.45, 7) is 2.60. The molecule has 2 aromatic heterocycles. The number of pyridine rings is 1. The number of ether oxygens (including phenoxy) is 1. The van der Waals surface area contributed by atoms with Crippen molar-refractivity contribution in [2.45, 2.75) is 18.1 Å². The number of nitrogens with zero attached hydrogens (tertiary/aromatic N) is 4. The van der Waals surface area contributed by atoms with Crippen LogP contribution in [0.4, 0.5) is 18.9 Å². The van der Waals surface area contributed by atoms with E-state index in [0.717, 1.165) is 27.7 Å². The number of fused-ring (bicyclic) bond motifs is 1. The number of hydrogen-bond donors (Lipinski definition) is 0. The lowest BCUT2D eigenvalue weighted by atomic mass is 9.70. The summed E-state index contributed by atoms with van der Waals surface area (Å²) in [4.78, 5) is 6.71. The van der Waals surface area contributed by atoms with Crippen LogP contribution < -0.4 is 4.90 Å². The number of alkyl halides is 3. The number of hydrogen-bond acceptors (Lipinski definition) is 4. The molecule has 3 heterocycles. The zero-order valence-electron chi connectivity index (χ0n) is 24.0. The molecule has 0 spiro atoms. The summed E-state index contributed by atoms with van der Waals surface area (Å²) in [5, 5.41) is 5.24. The van der Waals surface area contributed by atoms with E-state index in [2.05, 4.69) is 27.1 Å². The highest BCUT2D eigenvalue weighted by Crippen LogP contribution is 2.47. The smallest absolute Gasteiger partial charge is 0.378 e. The van der Waals surface area contributed by atoms with Gasteiger partial charge < -0.3 is 9.64 Å². The van der Waals surface area contributed by atoms with Crippen LogP contribution in [0.15, 0.2) is 122 Å².